The van der Waals surface area contributed by atoms with Crippen molar-refractivity contribution in [3.8, 4) is 0 Å². The van der Waals surface area contributed by atoms with Crippen LogP contribution < -0.4 is 10.6 Å². The summed E-state index contributed by atoms with van der Waals surface area (Å²) in [5.41, 5.74) is -1.84. The van der Waals surface area contributed by atoms with Gasteiger partial charge in [-0.1, -0.05) is 0 Å². The number of hydrogen-bond acceptors (Lipinski definition) is 3. The molecule has 3 N–H and O–H groups in total. The molecule has 1 aliphatic rings. The number of aromatic carboxylic acids is 1. The van der Waals surface area contributed by atoms with Gasteiger partial charge in [-0.15, -0.1) is 0 Å². The molecule has 0 spiro atoms. The summed E-state index contributed by atoms with van der Waals surface area (Å²) in [7, 11) is 0. The molecule has 1 aromatic carbocycles. The van der Waals surface area contributed by atoms with Gasteiger partial charge >= 0.3 is 12.1 Å². The SMILES string of the molecule is O=C(CNC1CC1)Nc1cc(C(=O)O)cc(C(F)(F)F)c1. The zero-order valence-corrected chi connectivity index (χ0v) is 10.8. The molecule has 0 unspecified atom stereocenters. The molecule has 0 atom stereocenters. The highest BCUT2D eigenvalue weighted by atomic mass is 19.4. The molecule has 8 heteroatoms. The van der Waals surface area contributed by atoms with E-state index in [0.29, 0.717) is 12.1 Å². The van der Waals surface area contributed by atoms with Gasteiger partial charge in [-0.05, 0) is 31.0 Å². The van der Waals surface area contributed by atoms with Gasteiger partial charge in [-0.25, -0.2) is 4.79 Å². The second-order valence-electron chi connectivity index (χ2n) is 4.81. The number of hydrogen-bond donors (Lipinski definition) is 3. The fourth-order valence-electron chi connectivity index (χ4n) is 1.72. The van der Waals surface area contributed by atoms with Crippen molar-refractivity contribution in [3.05, 3.63) is 29.3 Å². The second kappa shape index (κ2) is 5.72. The van der Waals surface area contributed by atoms with Crippen LogP contribution in [-0.2, 0) is 11.0 Å². The molecule has 1 aliphatic carbocycles. The van der Waals surface area contributed by atoms with E-state index in [1.807, 2.05) is 0 Å². The average molecular weight is 302 g/mol. The maximum Gasteiger partial charge on any atom is 0.416 e. The van der Waals surface area contributed by atoms with Crippen molar-refractivity contribution in [3.63, 3.8) is 0 Å². The number of carbonyl (C=O) groups excluding carboxylic acids is 1. The third-order valence-corrected chi connectivity index (χ3v) is 2.92. The van der Waals surface area contributed by atoms with Crippen LogP contribution in [0.4, 0.5) is 18.9 Å². The molecule has 1 saturated carbocycles. The molecule has 1 aromatic rings. The van der Waals surface area contributed by atoms with Crippen LogP contribution in [0.15, 0.2) is 18.2 Å². The highest BCUT2D eigenvalue weighted by Crippen LogP contribution is 2.32. The lowest BCUT2D eigenvalue weighted by molar-refractivity contribution is -0.137. The van der Waals surface area contributed by atoms with Gasteiger partial charge in [0, 0.05) is 11.7 Å². The van der Waals surface area contributed by atoms with E-state index in [1.54, 1.807) is 0 Å². The smallest absolute Gasteiger partial charge is 0.416 e. The van der Waals surface area contributed by atoms with Crippen LogP contribution in [0, 0.1) is 0 Å². The van der Waals surface area contributed by atoms with Crippen molar-refractivity contribution in [1.82, 2.24) is 5.32 Å². The molecule has 0 aromatic heterocycles. The van der Waals surface area contributed by atoms with Crippen molar-refractivity contribution in [1.29, 1.82) is 0 Å². The first kappa shape index (κ1) is 15.3. The molecular weight excluding hydrogens is 289 g/mol. The number of carboxylic acid groups (broad SMARTS) is 1. The summed E-state index contributed by atoms with van der Waals surface area (Å²) in [6.07, 6.45) is -2.74. The Morgan fingerprint density at radius 2 is 1.90 bits per heavy atom. The zero-order valence-electron chi connectivity index (χ0n) is 10.8. The number of amides is 1. The Bertz CT molecular complexity index is 568. The highest BCUT2D eigenvalue weighted by Gasteiger charge is 2.32. The van der Waals surface area contributed by atoms with E-state index in [-0.39, 0.29) is 18.3 Å². The van der Waals surface area contributed by atoms with E-state index in [4.69, 9.17) is 5.11 Å². The Balaban J connectivity index is 2.14. The number of nitrogens with one attached hydrogen (secondary N) is 2. The van der Waals surface area contributed by atoms with Crippen molar-refractivity contribution in [2.75, 3.05) is 11.9 Å². The van der Waals surface area contributed by atoms with Gasteiger partial charge < -0.3 is 15.7 Å². The van der Waals surface area contributed by atoms with Crippen LogP contribution in [-0.4, -0.2) is 29.6 Å². The van der Waals surface area contributed by atoms with Crippen LogP contribution in [0.25, 0.3) is 0 Å². The summed E-state index contributed by atoms with van der Waals surface area (Å²) in [5, 5.41) is 14.0. The minimum Gasteiger partial charge on any atom is -0.478 e. The average Bonchev–Trinajstić information content (AvgIpc) is 3.19. The monoisotopic (exact) mass is 302 g/mol. The summed E-state index contributed by atoms with van der Waals surface area (Å²) in [4.78, 5) is 22.4. The number of halogens is 3. The van der Waals surface area contributed by atoms with Crippen LogP contribution in [0.5, 0.6) is 0 Å². The van der Waals surface area contributed by atoms with Crippen LogP contribution in [0.2, 0.25) is 0 Å². The van der Waals surface area contributed by atoms with E-state index in [1.165, 1.54) is 0 Å². The fraction of sp³-hybridized carbons (Fsp3) is 0.385. The molecule has 0 bridgehead atoms. The molecular formula is C13H13F3N2O3. The molecule has 5 nitrogen and oxygen atoms in total. The highest BCUT2D eigenvalue weighted by molar-refractivity contribution is 5.95. The minimum atomic E-state index is -4.68. The Kier molecular flexibility index (Phi) is 4.17. The Morgan fingerprint density at radius 3 is 2.43 bits per heavy atom. The molecule has 21 heavy (non-hydrogen) atoms. The number of benzene rings is 1. The Morgan fingerprint density at radius 1 is 1.24 bits per heavy atom. The van der Waals surface area contributed by atoms with Gasteiger partial charge in [-0.3, -0.25) is 4.79 Å². The van der Waals surface area contributed by atoms with Crippen molar-refractivity contribution >= 4 is 17.6 Å². The Labute approximate surface area is 118 Å². The molecule has 0 heterocycles. The maximum atomic E-state index is 12.7. The summed E-state index contributed by atoms with van der Waals surface area (Å²) >= 11 is 0. The second-order valence-corrected chi connectivity index (χ2v) is 4.81. The number of anilines is 1. The third-order valence-electron chi connectivity index (χ3n) is 2.92. The summed E-state index contributed by atoms with van der Waals surface area (Å²) in [6.45, 7) is -0.0245. The lowest BCUT2D eigenvalue weighted by Gasteiger charge is -2.12. The first-order valence-corrected chi connectivity index (χ1v) is 6.24. The van der Waals surface area contributed by atoms with Gasteiger partial charge in [0.2, 0.25) is 5.91 Å². The molecule has 0 saturated heterocycles. The maximum absolute atomic E-state index is 12.7. The number of rotatable bonds is 5. The van der Waals surface area contributed by atoms with Gasteiger partial charge in [-0.2, -0.15) is 13.2 Å². The van der Waals surface area contributed by atoms with Gasteiger partial charge in [0.25, 0.3) is 0 Å². The molecule has 1 fully saturated rings. The van der Waals surface area contributed by atoms with Gasteiger partial charge in [0.05, 0.1) is 17.7 Å². The zero-order chi connectivity index (χ0) is 15.6. The lowest BCUT2D eigenvalue weighted by Crippen LogP contribution is -2.29. The normalized spacial score (nSPS) is 14.8. The topological polar surface area (TPSA) is 78.4 Å². The standard InChI is InChI=1S/C13H13F3N2O3/c14-13(15,16)8-3-7(12(20)21)4-10(5-8)18-11(19)6-17-9-1-2-9/h3-5,9,17H,1-2,6H2,(H,18,19)(H,20,21). The molecule has 0 radical (unpaired) electrons. The quantitative estimate of drug-likeness (QED) is 0.778. The number of carboxylic acids is 1. The summed E-state index contributed by atoms with van der Waals surface area (Å²) in [5.74, 6) is -2.01. The minimum absolute atomic E-state index is 0.0245. The molecule has 114 valence electrons. The predicted octanol–water partition coefficient (Wildman–Crippen LogP) is 2.09. The van der Waals surface area contributed by atoms with Crippen LogP contribution in [0.3, 0.4) is 0 Å². The number of carbonyl (C=O) groups is 2. The lowest BCUT2D eigenvalue weighted by atomic mass is 10.1. The molecule has 2 rings (SSSR count). The van der Waals surface area contributed by atoms with Crippen LogP contribution >= 0.6 is 0 Å². The van der Waals surface area contributed by atoms with Crippen molar-refractivity contribution in [2.24, 2.45) is 0 Å². The first-order chi connectivity index (χ1) is 9.75. The van der Waals surface area contributed by atoms with Crippen molar-refractivity contribution in [2.45, 2.75) is 25.1 Å². The van der Waals surface area contributed by atoms with E-state index >= 15 is 0 Å². The molecule has 0 aliphatic heterocycles. The van der Waals surface area contributed by atoms with Gasteiger partial charge in [0.1, 0.15) is 0 Å². The van der Waals surface area contributed by atoms with Crippen molar-refractivity contribution < 1.29 is 27.9 Å². The Hall–Kier alpha value is -2.09. The van der Waals surface area contributed by atoms with Gasteiger partial charge in [0.15, 0.2) is 0 Å². The van der Waals surface area contributed by atoms with E-state index in [2.05, 4.69) is 10.6 Å². The largest absolute Gasteiger partial charge is 0.478 e. The number of alkyl halides is 3. The van der Waals surface area contributed by atoms with E-state index in [0.717, 1.165) is 18.9 Å². The molecule has 1 amide bonds. The predicted molar refractivity (Wildman–Crippen MR) is 68.1 cm³/mol. The summed E-state index contributed by atoms with van der Waals surface area (Å²) < 4.78 is 38.1. The van der Waals surface area contributed by atoms with Crippen LogP contribution in [0.1, 0.15) is 28.8 Å². The first-order valence-electron chi connectivity index (χ1n) is 6.24. The summed E-state index contributed by atoms with van der Waals surface area (Å²) in [6, 6.07) is 2.51. The fourth-order valence-corrected chi connectivity index (χ4v) is 1.72. The van der Waals surface area contributed by atoms with E-state index in [9.17, 15) is 22.8 Å². The third kappa shape index (κ3) is 4.45. The van der Waals surface area contributed by atoms with E-state index < -0.39 is 29.2 Å².